The van der Waals surface area contributed by atoms with Crippen LogP contribution < -0.4 is 10.9 Å². The number of amides is 1. The lowest BCUT2D eigenvalue weighted by Crippen LogP contribution is -2.38. The van der Waals surface area contributed by atoms with Gasteiger partial charge in [0.05, 0.1) is 18.3 Å². The van der Waals surface area contributed by atoms with Crippen molar-refractivity contribution < 1.29 is 17.6 Å². The van der Waals surface area contributed by atoms with E-state index in [4.69, 9.17) is 4.42 Å². The molecular weight excluding hydrogens is 452 g/mol. The normalized spacial score (nSPS) is 16.0. The van der Waals surface area contributed by atoms with Crippen molar-refractivity contribution >= 4 is 37.5 Å². The lowest BCUT2D eigenvalue weighted by molar-refractivity contribution is -0.122. The smallest absolute Gasteiger partial charge is 0.263 e. The summed E-state index contributed by atoms with van der Waals surface area (Å²) in [7, 11) is -3.83. The fourth-order valence-electron chi connectivity index (χ4n) is 3.87. The number of aryl methyl sites for hydroxylation is 2. The van der Waals surface area contributed by atoms with Crippen LogP contribution in [0.2, 0.25) is 0 Å². The molecule has 0 bridgehead atoms. The van der Waals surface area contributed by atoms with Gasteiger partial charge in [-0.15, -0.1) is 11.3 Å². The van der Waals surface area contributed by atoms with Gasteiger partial charge in [-0.3, -0.25) is 14.2 Å². The number of fused-ring (bicyclic) bond motifs is 1. The predicted octanol–water partition coefficient (Wildman–Crippen LogP) is 2.40. The maximum Gasteiger partial charge on any atom is 0.263 e. The number of hydrogen-bond acceptors (Lipinski definition) is 7. The van der Waals surface area contributed by atoms with Gasteiger partial charge in [0.25, 0.3) is 5.56 Å². The second-order valence-electron chi connectivity index (χ2n) is 8.22. The first kappa shape index (κ1) is 22.7. The van der Waals surface area contributed by atoms with Gasteiger partial charge in [0, 0.05) is 18.0 Å². The van der Waals surface area contributed by atoms with Gasteiger partial charge in [0.15, 0.2) is 0 Å². The highest BCUT2D eigenvalue weighted by Crippen LogP contribution is 2.34. The number of hydrogen-bond donors (Lipinski definition) is 1. The van der Waals surface area contributed by atoms with E-state index >= 15 is 0 Å². The Kier molecular flexibility index (Phi) is 6.24. The molecule has 1 aliphatic heterocycles. The van der Waals surface area contributed by atoms with Crippen LogP contribution >= 0.6 is 11.3 Å². The Labute approximate surface area is 190 Å². The quantitative estimate of drug-likeness (QED) is 0.582. The van der Waals surface area contributed by atoms with Crippen molar-refractivity contribution in [3.8, 4) is 0 Å². The van der Waals surface area contributed by atoms with Crippen LogP contribution in [0.25, 0.3) is 10.2 Å². The zero-order valence-corrected chi connectivity index (χ0v) is 19.9. The van der Waals surface area contributed by atoms with Gasteiger partial charge in [-0.05, 0) is 44.7 Å². The largest absolute Gasteiger partial charge is 0.465 e. The molecule has 1 amide bonds. The zero-order chi connectivity index (χ0) is 23.0. The first-order valence-electron chi connectivity index (χ1n) is 10.5. The minimum atomic E-state index is -3.83. The highest BCUT2D eigenvalue weighted by molar-refractivity contribution is 7.89. The van der Waals surface area contributed by atoms with Gasteiger partial charge in [-0.1, -0.05) is 6.92 Å². The number of furan rings is 1. The molecule has 1 saturated heterocycles. The number of nitrogens with one attached hydrogen (secondary N) is 1. The minimum absolute atomic E-state index is 0.0189. The van der Waals surface area contributed by atoms with Crippen LogP contribution in [0, 0.1) is 19.8 Å². The van der Waals surface area contributed by atoms with Crippen molar-refractivity contribution in [2.75, 3.05) is 13.1 Å². The maximum absolute atomic E-state index is 13.4. The van der Waals surface area contributed by atoms with Crippen LogP contribution in [0.15, 0.2) is 32.6 Å². The van der Waals surface area contributed by atoms with E-state index in [2.05, 4.69) is 17.2 Å². The fraction of sp³-hybridized carbons (Fsp3) is 0.476. The van der Waals surface area contributed by atoms with Crippen molar-refractivity contribution in [2.24, 2.45) is 5.92 Å². The maximum atomic E-state index is 13.4. The highest BCUT2D eigenvalue weighted by atomic mass is 32.2. The summed E-state index contributed by atoms with van der Waals surface area (Å²) >= 11 is 1.18. The number of sulfonamides is 1. The number of carbonyl (C=O) groups excluding carboxylic acids is 1. The molecule has 3 aromatic heterocycles. The number of aromatic nitrogens is 2. The first-order chi connectivity index (χ1) is 15.2. The Balaban J connectivity index is 1.62. The monoisotopic (exact) mass is 478 g/mol. The van der Waals surface area contributed by atoms with Gasteiger partial charge in [-0.25, -0.2) is 13.4 Å². The Morgan fingerprint density at radius 1 is 1.28 bits per heavy atom. The van der Waals surface area contributed by atoms with Crippen LogP contribution in [-0.2, 0) is 27.9 Å². The van der Waals surface area contributed by atoms with Crippen molar-refractivity contribution in [2.45, 2.75) is 51.6 Å². The molecule has 9 nitrogen and oxygen atoms in total. The molecule has 3 aromatic rings. The molecule has 11 heteroatoms. The molecule has 32 heavy (non-hydrogen) atoms. The lowest BCUT2D eigenvalue weighted by atomic mass is 10.0. The molecule has 0 unspecified atom stereocenters. The van der Waals surface area contributed by atoms with Crippen molar-refractivity contribution in [3.63, 3.8) is 0 Å². The molecule has 0 radical (unpaired) electrons. The summed E-state index contributed by atoms with van der Waals surface area (Å²) in [6.45, 7) is 6.40. The van der Waals surface area contributed by atoms with Crippen LogP contribution in [0.5, 0.6) is 0 Å². The number of piperidine rings is 1. The standard InChI is InChI=1S/C21H26N4O5S2/c1-13-6-8-25(9-7-13)32(28,29)19-15(3)31-20-18(19)21(27)24(12-23-20)11-17(26)22-10-16-5-4-14(2)30-16/h4-5,12-13H,6-11H2,1-3H3,(H,22,26). The van der Waals surface area contributed by atoms with Crippen molar-refractivity contribution in [3.05, 3.63) is 45.2 Å². The molecule has 4 rings (SSSR count). The predicted molar refractivity (Wildman–Crippen MR) is 121 cm³/mol. The second kappa shape index (κ2) is 8.80. The lowest BCUT2D eigenvalue weighted by Gasteiger charge is -2.29. The summed E-state index contributed by atoms with van der Waals surface area (Å²) in [4.78, 5) is 30.8. The van der Waals surface area contributed by atoms with Gasteiger partial charge < -0.3 is 9.73 Å². The summed E-state index contributed by atoms with van der Waals surface area (Å²) in [5.74, 6) is 1.42. The zero-order valence-electron chi connectivity index (χ0n) is 18.3. The third kappa shape index (κ3) is 4.37. The van der Waals surface area contributed by atoms with E-state index < -0.39 is 21.5 Å². The van der Waals surface area contributed by atoms with E-state index in [-0.39, 0.29) is 23.4 Å². The molecular formula is C21H26N4O5S2. The Morgan fingerprint density at radius 3 is 2.66 bits per heavy atom. The van der Waals surface area contributed by atoms with E-state index in [0.717, 1.165) is 23.2 Å². The van der Waals surface area contributed by atoms with E-state index in [1.807, 2.05) is 6.92 Å². The van der Waals surface area contributed by atoms with Crippen LogP contribution in [0.1, 0.15) is 36.2 Å². The summed E-state index contributed by atoms with van der Waals surface area (Å²) in [5.41, 5.74) is -0.535. The van der Waals surface area contributed by atoms with Crippen molar-refractivity contribution in [1.82, 2.24) is 19.2 Å². The third-order valence-electron chi connectivity index (χ3n) is 5.71. The molecule has 0 atom stereocenters. The summed E-state index contributed by atoms with van der Waals surface area (Å²) < 4.78 is 34.8. The van der Waals surface area contributed by atoms with Crippen LogP contribution in [-0.4, -0.2) is 41.3 Å². The second-order valence-corrected chi connectivity index (χ2v) is 11.3. The van der Waals surface area contributed by atoms with Crippen LogP contribution in [0.3, 0.4) is 0 Å². The van der Waals surface area contributed by atoms with E-state index in [1.54, 1.807) is 19.1 Å². The Hall–Kier alpha value is -2.50. The molecule has 172 valence electrons. The Morgan fingerprint density at radius 2 is 2.00 bits per heavy atom. The van der Waals surface area contributed by atoms with Crippen molar-refractivity contribution in [1.29, 1.82) is 0 Å². The van der Waals surface area contributed by atoms with Gasteiger partial charge in [-0.2, -0.15) is 4.31 Å². The van der Waals surface area contributed by atoms with Crippen LogP contribution in [0.4, 0.5) is 0 Å². The molecule has 0 aliphatic carbocycles. The summed E-state index contributed by atoms with van der Waals surface area (Å²) in [6.07, 6.45) is 2.87. The highest BCUT2D eigenvalue weighted by Gasteiger charge is 2.33. The topological polar surface area (TPSA) is 115 Å². The van der Waals surface area contributed by atoms with E-state index in [1.165, 1.54) is 22.0 Å². The number of nitrogens with zero attached hydrogens (tertiary/aromatic N) is 3. The minimum Gasteiger partial charge on any atom is -0.465 e. The molecule has 0 saturated carbocycles. The Bertz CT molecular complexity index is 1310. The average molecular weight is 479 g/mol. The molecule has 1 N–H and O–H groups in total. The van der Waals surface area contributed by atoms with E-state index in [0.29, 0.717) is 34.5 Å². The summed E-state index contributed by atoms with van der Waals surface area (Å²) in [6, 6.07) is 3.57. The molecule has 4 heterocycles. The summed E-state index contributed by atoms with van der Waals surface area (Å²) in [5, 5.41) is 2.76. The first-order valence-corrected chi connectivity index (χ1v) is 12.7. The average Bonchev–Trinajstić information content (AvgIpc) is 3.32. The molecule has 0 spiro atoms. The van der Waals surface area contributed by atoms with E-state index in [9.17, 15) is 18.0 Å². The molecule has 0 aromatic carbocycles. The number of carbonyl (C=O) groups is 1. The van der Waals surface area contributed by atoms with Gasteiger partial charge in [0.2, 0.25) is 15.9 Å². The fourth-order valence-corrected chi connectivity index (χ4v) is 7.00. The SMILES string of the molecule is Cc1ccc(CNC(=O)Cn2cnc3sc(C)c(S(=O)(=O)N4CCC(C)CC4)c3c2=O)o1. The molecule has 1 aliphatic rings. The third-order valence-corrected chi connectivity index (χ3v) is 8.92. The molecule has 1 fully saturated rings. The van der Waals surface area contributed by atoms with Gasteiger partial charge >= 0.3 is 0 Å². The number of rotatable bonds is 6. The number of thiophene rings is 1. The van der Waals surface area contributed by atoms with Gasteiger partial charge in [0.1, 0.15) is 27.8 Å².